The molecule has 0 radical (unpaired) electrons. The highest BCUT2D eigenvalue weighted by Gasteiger charge is 2.32. The maximum absolute atomic E-state index is 13.1. The number of aromatic nitrogens is 2. The van der Waals surface area contributed by atoms with Crippen LogP contribution < -0.4 is 16.0 Å². The van der Waals surface area contributed by atoms with Gasteiger partial charge in [-0.2, -0.15) is 0 Å². The number of carbonyl (C=O) groups is 3. The summed E-state index contributed by atoms with van der Waals surface area (Å²) < 4.78 is 47.9. The summed E-state index contributed by atoms with van der Waals surface area (Å²) in [6, 6.07) is 16.8. The minimum Gasteiger partial charge on any atom is -0.394 e. The second kappa shape index (κ2) is 26.5. The van der Waals surface area contributed by atoms with E-state index in [1.165, 1.54) is 85.8 Å². The number of benzene rings is 2. The summed E-state index contributed by atoms with van der Waals surface area (Å²) in [5, 5.41) is 28.6. The van der Waals surface area contributed by atoms with Gasteiger partial charge in [0.2, 0.25) is 0 Å². The highest BCUT2D eigenvalue weighted by atomic mass is 32.2. The van der Waals surface area contributed by atoms with Crippen molar-refractivity contribution in [3.05, 3.63) is 118 Å². The predicted octanol–water partition coefficient (Wildman–Crippen LogP) is 8.34. The van der Waals surface area contributed by atoms with Crippen molar-refractivity contribution >= 4 is 37.8 Å². The third kappa shape index (κ3) is 14.9. The largest absolute Gasteiger partial charge is 0.394 e. The molecule has 2 aliphatic heterocycles. The number of carbonyl (C=O) groups excluding carboxylic acids is 3. The first kappa shape index (κ1) is 57.4. The van der Waals surface area contributed by atoms with E-state index in [-0.39, 0.29) is 46.3 Å². The molecule has 2 aromatic carbocycles. The molecule has 0 unspecified atom stereocenters. The molecule has 2 saturated carbocycles. The van der Waals surface area contributed by atoms with Gasteiger partial charge in [0.25, 0.3) is 11.8 Å². The number of hydrogen-bond donors (Lipinski definition) is 5. The van der Waals surface area contributed by atoms with Crippen molar-refractivity contribution in [3.8, 4) is 0 Å². The average molecular weight is 1040 g/mol. The molecule has 5 N–H and O–H groups in total. The van der Waals surface area contributed by atoms with Crippen LogP contribution in [0.4, 0.5) is 0 Å². The monoisotopic (exact) mass is 1040 g/mol. The van der Waals surface area contributed by atoms with E-state index in [1.54, 1.807) is 26.0 Å². The number of fused-ring (bicyclic) bond motifs is 2. The van der Waals surface area contributed by atoms with E-state index in [9.17, 15) is 41.4 Å². The molecule has 0 bridgehead atoms. The van der Waals surface area contributed by atoms with Gasteiger partial charge < -0.3 is 31.0 Å². The molecule has 2 aliphatic carbocycles. The van der Waals surface area contributed by atoms with Crippen molar-refractivity contribution in [1.29, 1.82) is 0 Å². The number of sulfone groups is 2. The Morgan fingerprint density at radius 2 is 1.18 bits per heavy atom. The van der Waals surface area contributed by atoms with Gasteiger partial charge in [-0.25, -0.2) is 16.8 Å². The summed E-state index contributed by atoms with van der Waals surface area (Å²) in [6.07, 6.45) is 15.7. The van der Waals surface area contributed by atoms with Gasteiger partial charge in [0.05, 0.1) is 58.0 Å². The van der Waals surface area contributed by atoms with Crippen molar-refractivity contribution in [3.63, 3.8) is 0 Å². The molecule has 15 nitrogen and oxygen atoms in total. The second-order valence-corrected chi connectivity index (χ2v) is 24.9. The molecule has 17 heteroatoms. The van der Waals surface area contributed by atoms with Gasteiger partial charge in [-0.3, -0.25) is 24.5 Å². The minimum absolute atomic E-state index is 0.0112. The Balaban J connectivity index is 0.000000207. The average Bonchev–Trinajstić information content (AvgIpc) is 4.00. The van der Waals surface area contributed by atoms with Crippen molar-refractivity contribution in [2.45, 2.75) is 153 Å². The fourth-order valence-electron chi connectivity index (χ4n) is 10.4. The van der Waals surface area contributed by atoms with Gasteiger partial charge in [0.1, 0.15) is 6.29 Å². The number of nitrogens with one attached hydrogen (secondary N) is 3. The van der Waals surface area contributed by atoms with Crippen LogP contribution in [0.1, 0.15) is 184 Å². The number of nitrogens with zero attached hydrogens (tertiary/aromatic N) is 3. The van der Waals surface area contributed by atoms with E-state index in [0.717, 1.165) is 74.9 Å². The molecule has 4 heterocycles. The summed E-state index contributed by atoms with van der Waals surface area (Å²) in [6.45, 7) is 14.1. The molecule has 0 saturated heterocycles. The SMILES string of the molecule is CC1CCC(C=O)CC1.CC[C@@H]1NCc2cc(C(=O)N[C@@H](CO)c3ccc(S(=O)(=O)CC)cn3)ccc21.CC[C@H]1c2ccc(C(=O)N[C@@H](CO)c3ccc(S(=O)(=O)CC)cn3)cc2CN1CC1CCC(C)CC1. The molecule has 8 rings (SSSR count). The molecular formula is C56H78N6O9S2. The van der Waals surface area contributed by atoms with Crippen LogP contribution in [0.25, 0.3) is 0 Å². The van der Waals surface area contributed by atoms with E-state index in [1.807, 2.05) is 24.3 Å². The van der Waals surface area contributed by atoms with Gasteiger partial charge in [-0.15, -0.1) is 0 Å². The maximum atomic E-state index is 13.1. The number of aliphatic hydroxyl groups excluding tert-OH is 2. The smallest absolute Gasteiger partial charge is 0.251 e. The lowest BCUT2D eigenvalue weighted by Crippen LogP contribution is -2.31. The fraction of sp³-hybridized carbons (Fsp3) is 0.554. The molecule has 4 aliphatic rings. The number of pyridine rings is 2. The molecule has 4 atom stereocenters. The molecule has 0 spiro atoms. The number of amides is 2. The van der Waals surface area contributed by atoms with E-state index < -0.39 is 31.8 Å². The number of hydrogen-bond acceptors (Lipinski definition) is 13. The van der Waals surface area contributed by atoms with Gasteiger partial charge in [0.15, 0.2) is 19.7 Å². The summed E-state index contributed by atoms with van der Waals surface area (Å²) in [5.41, 5.74) is 6.72. The Kier molecular flexibility index (Phi) is 20.9. The molecule has 2 aromatic heterocycles. The Hall–Kier alpha value is -4.91. The summed E-state index contributed by atoms with van der Waals surface area (Å²) in [7, 11) is -6.70. The lowest BCUT2D eigenvalue weighted by Gasteiger charge is -2.32. The Morgan fingerprint density at radius 3 is 1.62 bits per heavy atom. The Bertz CT molecular complexity index is 2690. The van der Waals surface area contributed by atoms with Crippen LogP contribution in [-0.4, -0.2) is 91.3 Å². The highest BCUT2D eigenvalue weighted by Crippen LogP contribution is 2.39. The quantitative estimate of drug-likeness (QED) is 0.0628. The van der Waals surface area contributed by atoms with Crippen LogP contribution in [0.2, 0.25) is 0 Å². The zero-order valence-corrected chi connectivity index (χ0v) is 45.2. The first-order valence-corrected chi connectivity index (χ1v) is 29.7. The van der Waals surface area contributed by atoms with Gasteiger partial charge in [0, 0.05) is 61.2 Å². The topological polar surface area (TPSA) is 225 Å². The normalized spacial score (nSPS) is 22.5. The molecule has 2 fully saturated rings. The fourth-order valence-corrected chi connectivity index (χ4v) is 12.1. The van der Waals surface area contributed by atoms with Crippen LogP contribution in [0.5, 0.6) is 0 Å². The van der Waals surface area contributed by atoms with Crippen molar-refractivity contribution in [2.75, 3.05) is 31.3 Å². The minimum atomic E-state index is -3.36. The lowest BCUT2D eigenvalue weighted by atomic mass is 9.82. The van der Waals surface area contributed by atoms with Crippen LogP contribution in [0.3, 0.4) is 0 Å². The third-order valence-corrected chi connectivity index (χ3v) is 18.7. The highest BCUT2D eigenvalue weighted by molar-refractivity contribution is 7.91. The zero-order valence-electron chi connectivity index (χ0n) is 43.6. The standard InChI is InChI=1S/C28H39N3O4S.C20H25N3O4S.C8H14O/c1-4-27-24-12-10-21(14-22(24)17-31(27)16-20-8-6-19(3)7-9-20)28(33)30-26(18-32)25-13-11-23(15-29-25)36(34,35)5-2;1-3-17-16-7-5-13(9-14(16)10-21-17)20(25)23-19(12-24)18-8-6-15(11-22-18)28(26,27)4-2;1-7-2-4-8(6-9)5-3-7/h10-15,19-20,26-27,32H,4-9,16-18H2,1-3H3,(H,30,33);5-9,11,17,19,21,24H,3-4,10,12H2,1-2H3,(H,23,25);6-8H,2-5H2,1H3/t19?,20?,26-,27-;17-,19-;/m00./s1. The van der Waals surface area contributed by atoms with Crippen molar-refractivity contribution in [2.24, 2.45) is 23.7 Å². The van der Waals surface area contributed by atoms with Gasteiger partial charge in [-0.1, -0.05) is 79.4 Å². The van der Waals surface area contributed by atoms with Crippen LogP contribution in [0.15, 0.2) is 82.8 Å². The predicted molar refractivity (Wildman–Crippen MR) is 283 cm³/mol. The van der Waals surface area contributed by atoms with E-state index in [0.29, 0.717) is 40.5 Å². The second-order valence-electron chi connectivity index (χ2n) is 20.4. The van der Waals surface area contributed by atoms with Gasteiger partial charge in [-0.05, 0) is 127 Å². The van der Waals surface area contributed by atoms with Crippen molar-refractivity contribution < 1.29 is 41.4 Å². The summed E-state index contributed by atoms with van der Waals surface area (Å²) >= 11 is 0. The van der Waals surface area contributed by atoms with E-state index in [4.69, 9.17) is 0 Å². The van der Waals surface area contributed by atoms with E-state index >= 15 is 0 Å². The molecule has 2 amide bonds. The first-order valence-electron chi connectivity index (χ1n) is 26.4. The number of aldehydes is 1. The first-order chi connectivity index (χ1) is 35.0. The summed E-state index contributed by atoms with van der Waals surface area (Å²) in [4.78, 5) is 47.2. The Morgan fingerprint density at radius 1 is 0.685 bits per heavy atom. The van der Waals surface area contributed by atoms with Gasteiger partial charge >= 0.3 is 0 Å². The molecule has 73 heavy (non-hydrogen) atoms. The maximum Gasteiger partial charge on any atom is 0.251 e. The molecule has 4 aromatic rings. The van der Waals surface area contributed by atoms with Crippen molar-refractivity contribution in [1.82, 2.24) is 30.8 Å². The van der Waals surface area contributed by atoms with Crippen LogP contribution in [0, 0.1) is 23.7 Å². The van der Waals surface area contributed by atoms with E-state index in [2.05, 4.69) is 64.6 Å². The Labute approximate surface area is 433 Å². The third-order valence-electron chi connectivity index (χ3n) is 15.3. The summed E-state index contributed by atoms with van der Waals surface area (Å²) in [5.74, 6) is 2.24. The molecule has 398 valence electrons. The number of rotatable bonds is 17. The number of aliphatic hydroxyl groups is 2. The zero-order chi connectivity index (χ0) is 52.9. The van der Waals surface area contributed by atoms with Crippen LogP contribution >= 0.6 is 0 Å². The molecular weight excluding hydrogens is 965 g/mol. The van der Waals surface area contributed by atoms with Crippen LogP contribution in [-0.2, 0) is 37.6 Å². The lowest BCUT2D eigenvalue weighted by molar-refractivity contribution is -0.112.